The minimum atomic E-state index is -0.373. The third-order valence-electron chi connectivity index (χ3n) is 1.44. The molecule has 0 aliphatic rings. The summed E-state index contributed by atoms with van der Waals surface area (Å²) in [5, 5.41) is 9.23. The largest absolute Gasteiger partial charge is 0.394 e. The van der Waals surface area contributed by atoms with Gasteiger partial charge in [-0.05, 0) is 28.7 Å². The highest BCUT2D eigenvalue weighted by molar-refractivity contribution is 14.1. The number of rotatable bonds is 2. The van der Waals surface area contributed by atoms with Crippen LogP contribution in [0.4, 0.5) is 0 Å². The number of nitrogens with two attached hydrogens (primary N) is 1. The molecule has 0 bridgehead atoms. The van der Waals surface area contributed by atoms with E-state index in [2.05, 4.69) is 27.6 Å². The van der Waals surface area contributed by atoms with Crippen LogP contribution in [0, 0.1) is 3.57 Å². The lowest BCUT2D eigenvalue weighted by molar-refractivity contribution is 0.267. The Morgan fingerprint density at radius 2 is 2.42 bits per heavy atom. The third-order valence-corrected chi connectivity index (χ3v) is 2.59. The molecule has 3 N–H and O–H groups in total. The fraction of sp³-hybridized carbons (Fsp3) is 0.286. The topological polar surface area (TPSA) is 59.1 Å². The second-order valence-electron chi connectivity index (χ2n) is 2.32. The molecule has 0 unspecified atom stereocenters. The van der Waals surface area contributed by atoms with E-state index in [0.29, 0.717) is 5.15 Å². The molecule has 0 aliphatic heterocycles. The summed E-state index contributed by atoms with van der Waals surface area (Å²) in [6, 6.07) is 1.34. The summed E-state index contributed by atoms with van der Waals surface area (Å²) in [7, 11) is 0. The molecular weight excluding hydrogens is 290 g/mol. The molecule has 0 aromatic carbocycles. The second-order valence-corrected chi connectivity index (χ2v) is 3.87. The Morgan fingerprint density at radius 3 is 2.92 bits per heavy atom. The van der Waals surface area contributed by atoms with Crippen LogP contribution in [0.2, 0.25) is 5.15 Å². The Morgan fingerprint density at radius 1 is 1.75 bits per heavy atom. The minimum Gasteiger partial charge on any atom is -0.394 e. The Balaban J connectivity index is 3.01. The van der Waals surface area contributed by atoms with Crippen molar-refractivity contribution in [2.45, 2.75) is 6.04 Å². The maximum Gasteiger partial charge on any atom is 0.130 e. The van der Waals surface area contributed by atoms with Crippen molar-refractivity contribution in [3.63, 3.8) is 0 Å². The van der Waals surface area contributed by atoms with Crippen molar-refractivity contribution in [3.05, 3.63) is 26.5 Å². The summed E-state index contributed by atoms with van der Waals surface area (Å²) in [5.41, 5.74) is 6.43. The predicted octanol–water partition coefficient (Wildman–Crippen LogP) is 1.33. The van der Waals surface area contributed by atoms with Crippen molar-refractivity contribution in [1.29, 1.82) is 0 Å². The lowest BCUT2D eigenvalue weighted by Crippen LogP contribution is -2.16. The van der Waals surface area contributed by atoms with Gasteiger partial charge in [0.15, 0.2) is 0 Å². The van der Waals surface area contributed by atoms with Crippen molar-refractivity contribution in [1.82, 2.24) is 4.98 Å². The molecule has 1 aromatic heterocycles. The first-order valence-corrected chi connectivity index (χ1v) is 4.78. The van der Waals surface area contributed by atoms with E-state index in [-0.39, 0.29) is 12.6 Å². The molecule has 0 amide bonds. The van der Waals surface area contributed by atoms with E-state index in [1.165, 1.54) is 0 Å². The van der Waals surface area contributed by atoms with Crippen molar-refractivity contribution >= 4 is 34.2 Å². The lowest BCUT2D eigenvalue weighted by Gasteiger charge is -2.09. The van der Waals surface area contributed by atoms with Gasteiger partial charge in [0.25, 0.3) is 0 Å². The summed E-state index contributed by atoms with van der Waals surface area (Å²) in [4.78, 5) is 3.88. The Labute approximate surface area is 89.1 Å². The van der Waals surface area contributed by atoms with Crippen LogP contribution in [0.3, 0.4) is 0 Å². The minimum absolute atomic E-state index is 0.0840. The zero-order chi connectivity index (χ0) is 9.14. The van der Waals surface area contributed by atoms with Gasteiger partial charge in [0, 0.05) is 15.3 Å². The number of aliphatic hydroxyl groups is 1. The summed E-state index contributed by atoms with van der Waals surface area (Å²) in [6.07, 6.45) is 1.59. The van der Waals surface area contributed by atoms with Crippen LogP contribution in [-0.2, 0) is 0 Å². The first-order chi connectivity index (χ1) is 5.65. The van der Waals surface area contributed by atoms with Crippen LogP contribution in [-0.4, -0.2) is 16.7 Å². The quantitative estimate of drug-likeness (QED) is 0.640. The summed E-state index contributed by atoms with van der Waals surface area (Å²) in [6.45, 7) is -0.0840. The van der Waals surface area contributed by atoms with Crippen LogP contribution in [0.25, 0.3) is 0 Å². The van der Waals surface area contributed by atoms with E-state index in [9.17, 15) is 0 Å². The van der Waals surface area contributed by atoms with E-state index in [4.69, 9.17) is 22.4 Å². The van der Waals surface area contributed by atoms with E-state index in [0.717, 1.165) is 9.13 Å². The molecule has 0 saturated heterocycles. The normalized spacial score (nSPS) is 13.0. The highest BCUT2D eigenvalue weighted by atomic mass is 127. The number of nitrogens with zero attached hydrogens (tertiary/aromatic N) is 1. The molecule has 3 nitrogen and oxygen atoms in total. The SMILES string of the molecule is N[C@H](CO)c1cnc(Cl)cc1I. The Bertz CT molecular complexity index is 282. The molecule has 1 atom stereocenters. The monoisotopic (exact) mass is 298 g/mol. The van der Waals surface area contributed by atoms with Gasteiger partial charge in [-0.25, -0.2) is 4.98 Å². The number of hydrogen-bond acceptors (Lipinski definition) is 3. The van der Waals surface area contributed by atoms with Gasteiger partial charge in [0.2, 0.25) is 0 Å². The molecule has 0 aliphatic carbocycles. The Kier molecular flexibility index (Phi) is 3.70. The summed E-state index contributed by atoms with van der Waals surface area (Å²) < 4.78 is 0.925. The predicted molar refractivity (Wildman–Crippen MR) is 56.0 cm³/mol. The van der Waals surface area contributed by atoms with E-state index < -0.39 is 0 Å². The number of halogens is 2. The molecule has 0 saturated carbocycles. The fourth-order valence-corrected chi connectivity index (χ4v) is 1.97. The van der Waals surface area contributed by atoms with Gasteiger partial charge in [-0.2, -0.15) is 0 Å². The highest BCUT2D eigenvalue weighted by Crippen LogP contribution is 2.19. The van der Waals surface area contributed by atoms with Crippen LogP contribution >= 0.6 is 34.2 Å². The van der Waals surface area contributed by atoms with Crippen molar-refractivity contribution in [2.24, 2.45) is 5.73 Å². The van der Waals surface area contributed by atoms with E-state index in [1.54, 1.807) is 12.3 Å². The zero-order valence-corrected chi connectivity index (χ0v) is 9.08. The van der Waals surface area contributed by atoms with Crippen LogP contribution in [0.1, 0.15) is 11.6 Å². The number of hydrogen-bond donors (Lipinski definition) is 2. The van der Waals surface area contributed by atoms with Crippen molar-refractivity contribution in [3.8, 4) is 0 Å². The van der Waals surface area contributed by atoms with Gasteiger partial charge in [-0.15, -0.1) is 0 Å². The maximum atomic E-state index is 8.79. The molecule has 0 radical (unpaired) electrons. The van der Waals surface area contributed by atoms with Crippen molar-refractivity contribution < 1.29 is 5.11 Å². The molecule has 1 heterocycles. The standard InChI is InChI=1S/C7H8ClIN2O/c8-7-1-5(9)4(2-11-7)6(10)3-12/h1-2,6,12H,3,10H2/t6-/m1/s1. The van der Waals surface area contributed by atoms with Crippen LogP contribution < -0.4 is 5.73 Å². The smallest absolute Gasteiger partial charge is 0.130 e. The maximum absolute atomic E-state index is 8.79. The average Bonchev–Trinajstić information content (AvgIpc) is 2.03. The van der Waals surface area contributed by atoms with Gasteiger partial charge in [0.1, 0.15) is 5.15 Å². The summed E-state index contributed by atoms with van der Waals surface area (Å²) >= 11 is 7.75. The van der Waals surface area contributed by atoms with Gasteiger partial charge < -0.3 is 10.8 Å². The molecule has 0 fully saturated rings. The fourth-order valence-electron chi connectivity index (χ4n) is 0.789. The molecule has 66 valence electrons. The first kappa shape index (κ1) is 10.2. The first-order valence-electron chi connectivity index (χ1n) is 3.32. The molecule has 5 heteroatoms. The zero-order valence-electron chi connectivity index (χ0n) is 6.17. The van der Waals surface area contributed by atoms with E-state index in [1.807, 2.05) is 0 Å². The van der Waals surface area contributed by atoms with Crippen LogP contribution in [0.5, 0.6) is 0 Å². The second kappa shape index (κ2) is 4.36. The van der Waals surface area contributed by atoms with Gasteiger partial charge in [-0.1, -0.05) is 11.6 Å². The number of aromatic nitrogens is 1. The number of pyridine rings is 1. The highest BCUT2D eigenvalue weighted by Gasteiger charge is 2.08. The molecule has 1 aromatic rings. The van der Waals surface area contributed by atoms with Gasteiger partial charge in [-0.3, -0.25) is 0 Å². The Hall–Kier alpha value is 0.0900. The third kappa shape index (κ3) is 2.29. The molecule has 1 rings (SSSR count). The van der Waals surface area contributed by atoms with Gasteiger partial charge in [0.05, 0.1) is 12.6 Å². The van der Waals surface area contributed by atoms with Crippen molar-refractivity contribution in [2.75, 3.05) is 6.61 Å². The molecule has 12 heavy (non-hydrogen) atoms. The average molecular weight is 299 g/mol. The van der Waals surface area contributed by atoms with E-state index >= 15 is 0 Å². The van der Waals surface area contributed by atoms with Gasteiger partial charge >= 0.3 is 0 Å². The van der Waals surface area contributed by atoms with Crippen LogP contribution in [0.15, 0.2) is 12.3 Å². The molecule has 0 spiro atoms. The summed E-state index contributed by atoms with van der Waals surface area (Å²) in [5.74, 6) is 0. The number of aliphatic hydroxyl groups excluding tert-OH is 1. The lowest BCUT2D eigenvalue weighted by atomic mass is 10.1. The molecular formula is C7H8ClIN2O.